The topological polar surface area (TPSA) is 24.9 Å². The molecule has 4 heteroatoms. The molecule has 1 aromatic heterocycles. The largest absolute Gasteiger partial charge is 0.332 e. The van der Waals surface area contributed by atoms with E-state index in [2.05, 4.69) is 10.3 Å². The third kappa shape index (κ3) is 2.19. The van der Waals surface area contributed by atoms with Gasteiger partial charge in [-0.15, -0.1) is 0 Å². The fraction of sp³-hybridized carbons (Fsp3) is 0.0714. The summed E-state index contributed by atoms with van der Waals surface area (Å²) in [6.07, 6.45) is 0. The lowest BCUT2D eigenvalue weighted by Gasteiger charge is -2.02. The maximum atomic E-state index is 13.1. The second-order valence-corrected chi connectivity index (χ2v) is 5.16. The van der Waals surface area contributed by atoms with E-state index in [9.17, 15) is 4.39 Å². The summed E-state index contributed by atoms with van der Waals surface area (Å²) >= 11 is 1.52. The molecule has 0 saturated heterocycles. The molecule has 1 N–H and O–H groups in total. The van der Waals surface area contributed by atoms with E-state index in [1.165, 1.54) is 29.0 Å². The van der Waals surface area contributed by atoms with Crippen LogP contribution in [-0.4, -0.2) is 4.98 Å². The van der Waals surface area contributed by atoms with Gasteiger partial charge in [0.1, 0.15) is 5.82 Å². The van der Waals surface area contributed by atoms with E-state index in [-0.39, 0.29) is 5.82 Å². The maximum absolute atomic E-state index is 13.1. The average Bonchev–Trinajstić information content (AvgIpc) is 2.70. The van der Waals surface area contributed by atoms with Crippen molar-refractivity contribution in [3.05, 3.63) is 53.8 Å². The number of fused-ring (bicyclic) bond motifs is 1. The molecule has 0 bridgehead atoms. The SMILES string of the molecule is Cc1cccc(Nc2nc3cc(F)ccc3s2)c1. The number of hydrogen-bond donors (Lipinski definition) is 1. The first-order valence-corrected chi connectivity index (χ1v) is 6.42. The zero-order valence-electron chi connectivity index (χ0n) is 9.77. The van der Waals surface area contributed by atoms with Crippen LogP contribution >= 0.6 is 11.3 Å². The smallest absolute Gasteiger partial charge is 0.188 e. The highest BCUT2D eigenvalue weighted by Gasteiger charge is 2.05. The number of nitrogens with zero attached hydrogens (tertiary/aromatic N) is 1. The van der Waals surface area contributed by atoms with Crippen molar-refractivity contribution in [1.82, 2.24) is 4.98 Å². The number of thiazole rings is 1. The van der Waals surface area contributed by atoms with Crippen molar-refractivity contribution >= 4 is 32.4 Å². The van der Waals surface area contributed by atoms with Gasteiger partial charge in [0.25, 0.3) is 0 Å². The number of anilines is 2. The van der Waals surface area contributed by atoms with Crippen molar-refractivity contribution in [2.75, 3.05) is 5.32 Å². The average molecular weight is 258 g/mol. The van der Waals surface area contributed by atoms with Crippen LogP contribution in [0.2, 0.25) is 0 Å². The minimum Gasteiger partial charge on any atom is -0.332 e. The Labute approximate surface area is 108 Å². The van der Waals surface area contributed by atoms with E-state index in [0.717, 1.165) is 15.5 Å². The van der Waals surface area contributed by atoms with Gasteiger partial charge in [0.05, 0.1) is 10.2 Å². The fourth-order valence-corrected chi connectivity index (χ4v) is 2.67. The molecular formula is C14H11FN2S. The van der Waals surface area contributed by atoms with Gasteiger partial charge in [-0.25, -0.2) is 9.37 Å². The molecule has 3 rings (SSSR count). The minimum atomic E-state index is -0.255. The molecule has 0 aliphatic rings. The first kappa shape index (κ1) is 11.2. The van der Waals surface area contributed by atoms with Crippen molar-refractivity contribution in [3.63, 3.8) is 0 Å². The first-order chi connectivity index (χ1) is 8.70. The van der Waals surface area contributed by atoms with Crippen LogP contribution in [0.1, 0.15) is 5.56 Å². The molecule has 0 aliphatic heterocycles. The van der Waals surface area contributed by atoms with Crippen LogP contribution in [0, 0.1) is 12.7 Å². The van der Waals surface area contributed by atoms with Gasteiger partial charge in [0.15, 0.2) is 5.13 Å². The molecular weight excluding hydrogens is 247 g/mol. The first-order valence-electron chi connectivity index (χ1n) is 5.60. The summed E-state index contributed by atoms with van der Waals surface area (Å²) in [5.41, 5.74) is 2.87. The summed E-state index contributed by atoms with van der Waals surface area (Å²) < 4.78 is 14.0. The quantitative estimate of drug-likeness (QED) is 0.732. The molecule has 0 amide bonds. The van der Waals surface area contributed by atoms with Crippen molar-refractivity contribution in [1.29, 1.82) is 0 Å². The van der Waals surface area contributed by atoms with Gasteiger partial charge >= 0.3 is 0 Å². The number of rotatable bonds is 2. The molecule has 0 saturated carbocycles. The van der Waals surface area contributed by atoms with Crippen LogP contribution in [0.25, 0.3) is 10.2 Å². The van der Waals surface area contributed by atoms with Gasteiger partial charge < -0.3 is 5.32 Å². The minimum absolute atomic E-state index is 0.255. The number of aryl methyl sites for hydroxylation is 1. The Morgan fingerprint density at radius 3 is 2.89 bits per heavy atom. The molecule has 90 valence electrons. The summed E-state index contributed by atoms with van der Waals surface area (Å²) in [6, 6.07) is 12.7. The zero-order chi connectivity index (χ0) is 12.5. The van der Waals surface area contributed by atoms with Gasteiger partial charge in [0.2, 0.25) is 0 Å². The summed E-state index contributed by atoms with van der Waals surface area (Å²) in [5, 5.41) is 4.02. The van der Waals surface area contributed by atoms with Gasteiger partial charge in [-0.05, 0) is 36.8 Å². The van der Waals surface area contributed by atoms with E-state index in [1.54, 1.807) is 6.07 Å². The monoisotopic (exact) mass is 258 g/mol. The number of halogens is 1. The number of nitrogens with one attached hydrogen (secondary N) is 1. The molecule has 0 aliphatic carbocycles. The molecule has 0 fully saturated rings. The Bertz CT molecular complexity index is 706. The third-order valence-electron chi connectivity index (χ3n) is 2.62. The molecule has 1 heterocycles. The van der Waals surface area contributed by atoms with Crippen LogP contribution < -0.4 is 5.32 Å². The van der Waals surface area contributed by atoms with Crippen molar-refractivity contribution < 1.29 is 4.39 Å². The second kappa shape index (κ2) is 4.38. The predicted molar refractivity (Wildman–Crippen MR) is 74.0 cm³/mol. The van der Waals surface area contributed by atoms with Gasteiger partial charge in [-0.3, -0.25) is 0 Å². The van der Waals surface area contributed by atoms with Crippen LogP contribution in [-0.2, 0) is 0 Å². The molecule has 2 aromatic carbocycles. The number of hydrogen-bond acceptors (Lipinski definition) is 3. The van der Waals surface area contributed by atoms with Gasteiger partial charge in [-0.2, -0.15) is 0 Å². The van der Waals surface area contributed by atoms with Crippen LogP contribution in [0.5, 0.6) is 0 Å². The van der Waals surface area contributed by atoms with Gasteiger partial charge in [-0.1, -0.05) is 23.5 Å². The lowest BCUT2D eigenvalue weighted by Crippen LogP contribution is -1.89. The fourth-order valence-electron chi connectivity index (χ4n) is 1.80. The second-order valence-electron chi connectivity index (χ2n) is 4.13. The number of benzene rings is 2. The molecule has 0 spiro atoms. The summed E-state index contributed by atoms with van der Waals surface area (Å²) in [6.45, 7) is 2.04. The van der Waals surface area contributed by atoms with Gasteiger partial charge in [0, 0.05) is 11.8 Å². The lowest BCUT2D eigenvalue weighted by molar-refractivity contribution is 0.629. The normalized spacial score (nSPS) is 10.8. The van der Waals surface area contributed by atoms with E-state index in [4.69, 9.17) is 0 Å². The molecule has 2 nitrogen and oxygen atoms in total. The molecule has 18 heavy (non-hydrogen) atoms. The maximum Gasteiger partial charge on any atom is 0.188 e. The highest BCUT2D eigenvalue weighted by atomic mass is 32.1. The Balaban J connectivity index is 1.95. The van der Waals surface area contributed by atoms with Crippen molar-refractivity contribution in [2.24, 2.45) is 0 Å². The Kier molecular flexibility index (Phi) is 2.72. The third-order valence-corrected chi connectivity index (χ3v) is 3.57. The Morgan fingerprint density at radius 1 is 1.17 bits per heavy atom. The van der Waals surface area contributed by atoms with E-state index in [1.807, 2.05) is 31.2 Å². The van der Waals surface area contributed by atoms with E-state index in [0.29, 0.717) is 5.52 Å². The van der Waals surface area contributed by atoms with Crippen LogP contribution in [0.15, 0.2) is 42.5 Å². The Morgan fingerprint density at radius 2 is 2.06 bits per heavy atom. The zero-order valence-corrected chi connectivity index (χ0v) is 10.6. The summed E-state index contributed by atoms with van der Waals surface area (Å²) in [5.74, 6) is -0.255. The van der Waals surface area contributed by atoms with Crippen molar-refractivity contribution in [2.45, 2.75) is 6.92 Å². The Hall–Kier alpha value is -1.94. The molecule has 0 atom stereocenters. The van der Waals surface area contributed by atoms with Crippen molar-refractivity contribution in [3.8, 4) is 0 Å². The highest BCUT2D eigenvalue weighted by molar-refractivity contribution is 7.22. The van der Waals surface area contributed by atoms with E-state index >= 15 is 0 Å². The molecule has 0 radical (unpaired) electrons. The van der Waals surface area contributed by atoms with Crippen LogP contribution in [0.4, 0.5) is 15.2 Å². The van der Waals surface area contributed by atoms with E-state index < -0.39 is 0 Å². The highest BCUT2D eigenvalue weighted by Crippen LogP contribution is 2.28. The summed E-state index contributed by atoms with van der Waals surface area (Å²) in [7, 11) is 0. The van der Waals surface area contributed by atoms with Crippen LogP contribution in [0.3, 0.4) is 0 Å². The predicted octanol–water partition coefficient (Wildman–Crippen LogP) is 4.49. The standard InChI is InChI=1S/C14H11FN2S/c1-9-3-2-4-11(7-9)16-14-17-12-8-10(15)5-6-13(12)18-14/h2-8H,1H3,(H,16,17). The molecule has 0 unspecified atom stereocenters. The lowest BCUT2D eigenvalue weighted by atomic mass is 10.2. The summed E-state index contributed by atoms with van der Waals surface area (Å²) in [4.78, 5) is 4.37. The number of aromatic nitrogens is 1. The molecule has 3 aromatic rings.